The zero-order valence-corrected chi connectivity index (χ0v) is 18.5. The van der Waals surface area contributed by atoms with E-state index in [1.165, 1.54) is 4.90 Å². The number of alkyl halides is 6. The van der Waals surface area contributed by atoms with Gasteiger partial charge in [0.15, 0.2) is 0 Å². The van der Waals surface area contributed by atoms with Gasteiger partial charge in [0, 0.05) is 29.4 Å². The van der Waals surface area contributed by atoms with Crippen LogP contribution in [-0.2, 0) is 12.4 Å². The van der Waals surface area contributed by atoms with Crippen LogP contribution in [-0.4, -0.2) is 34.2 Å². The van der Waals surface area contributed by atoms with Crippen molar-refractivity contribution in [3.8, 4) is 11.4 Å². The molecule has 6 nitrogen and oxygen atoms in total. The van der Waals surface area contributed by atoms with Crippen molar-refractivity contribution in [2.45, 2.75) is 31.1 Å². The Morgan fingerprint density at radius 3 is 2.26 bits per heavy atom. The molecular formula is C22H17ClF6N4O2. The number of hydrogen-bond acceptors (Lipinski definition) is 4. The summed E-state index contributed by atoms with van der Waals surface area (Å²) < 4.78 is 83.9. The Bertz CT molecular complexity index is 1180. The highest BCUT2D eigenvalue weighted by Gasteiger charge is 2.37. The minimum absolute atomic E-state index is 0.000426. The average Bonchev–Trinajstić information content (AvgIpc) is 3.29. The first-order chi connectivity index (χ1) is 16.4. The standard InChI is InChI=1S/C22H17ClF6N4O2/c23-16-5-3-12(4-6-16)18-31-19(35-32-18)13-2-1-7-33(11-13)20(34)30-17-9-14(21(24,25)26)8-15(10-17)22(27,28)29/h3-6,8-10,13H,1-2,7,11H2,(H,30,34). The fourth-order valence-corrected chi connectivity index (χ4v) is 3.84. The van der Waals surface area contributed by atoms with Gasteiger partial charge in [0.1, 0.15) is 0 Å². The maximum atomic E-state index is 13.1. The lowest BCUT2D eigenvalue weighted by molar-refractivity contribution is -0.143. The number of anilines is 1. The third-order valence-electron chi connectivity index (χ3n) is 5.44. The van der Waals surface area contributed by atoms with E-state index >= 15 is 0 Å². The van der Waals surface area contributed by atoms with Crippen molar-refractivity contribution in [3.05, 3.63) is 64.5 Å². The van der Waals surface area contributed by atoms with Crippen LogP contribution in [0, 0.1) is 0 Å². The molecule has 2 aromatic carbocycles. The number of aromatic nitrogens is 2. The van der Waals surface area contributed by atoms with Crippen molar-refractivity contribution in [2.24, 2.45) is 0 Å². The molecule has 1 aliphatic heterocycles. The Morgan fingerprint density at radius 1 is 1.03 bits per heavy atom. The Labute approximate surface area is 199 Å². The second kappa shape index (κ2) is 9.40. The van der Waals surface area contributed by atoms with Crippen LogP contribution in [0.1, 0.15) is 35.8 Å². The summed E-state index contributed by atoms with van der Waals surface area (Å²) in [5.41, 5.74) is -2.97. The SMILES string of the molecule is O=C(Nc1cc(C(F)(F)F)cc(C(F)(F)F)c1)N1CCCC(c2nc(-c3ccc(Cl)cc3)no2)C1. The molecule has 35 heavy (non-hydrogen) atoms. The predicted octanol–water partition coefficient (Wildman–Crippen LogP) is 6.84. The van der Waals surface area contributed by atoms with Gasteiger partial charge >= 0.3 is 18.4 Å². The van der Waals surface area contributed by atoms with Crippen LogP contribution < -0.4 is 5.32 Å². The molecule has 1 aromatic heterocycles. The van der Waals surface area contributed by atoms with Gasteiger partial charge < -0.3 is 14.7 Å². The normalized spacial score (nSPS) is 16.9. The van der Waals surface area contributed by atoms with Gasteiger partial charge in [0.2, 0.25) is 11.7 Å². The number of hydrogen-bond donors (Lipinski definition) is 1. The molecule has 1 atom stereocenters. The molecule has 186 valence electrons. The fourth-order valence-electron chi connectivity index (χ4n) is 3.71. The van der Waals surface area contributed by atoms with Crippen molar-refractivity contribution >= 4 is 23.3 Å². The van der Waals surface area contributed by atoms with Crippen molar-refractivity contribution in [1.82, 2.24) is 15.0 Å². The molecule has 0 radical (unpaired) electrons. The van der Waals surface area contributed by atoms with E-state index in [2.05, 4.69) is 15.5 Å². The average molecular weight is 519 g/mol. The molecular weight excluding hydrogens is 502 g/mol. The number of carbonyl (C=O) groups is 1. The van der Waals surface area contributed by atoms with Crippen molar-refractivity contribution in [2.75, 3.05) is 18.4 Å². The Morgan fingerprint density at radius 2 is 1.66 bits per heavy atom. The largest absolute Gasteiger partial charge is 0.416 e. The highest BCUT2D eigenvalue weighted by molar-refractivity contribution is 6.30. The minimum Gasteiger partial charge on any atom is -0.339 e. The van der Waals surface area contributed by atoms with Gasteiger partial charge in [-0.2, -0.15) is 31.3 Å². The van der Waals surface area contributed by atoms with Gasteiger partial charge in [-0.1, -0.05) is 16.8 Å². The third-order valence-corrected chi connectivity index (χ3v) is 5.69. The highest BCUT2D eigenvalue weighted by Crippen LogP contribution is 2.38. The molecule has 0 bridgehead atoms. The van der Waals surface area contributed by atoms with Gasteiger partial charge in [-0.3, -0.25) is 0 Å². The number of likely N-dealkylation sites (tertiary alicyclic amines) is 1. The smallest absolute Gasteiger partial charge is 0.339 e. The first kappa shape index (κ1) is 24.8. The van der Waals surface area contributed by atoms with Gasteiger partial charge in [-0.15, -0.1) is 0 Å². The third kappa shape index (κ3) is 5.87. The molecule has 0 saturated carbocycles. The first-order valence-electron chi connectivity index (χ1n) is 10.3. The zero-order chi connectivity index (χ0) is 25.4. The summed E-state index contributed by atoms with van der Waals surface area (Å²) in [5, 5.41) is 6.62. The number of benzene rings is 2. The second-order valence-electron chi connectivity index (χ2n) is 7.97. The quantitative estimate of drug-likeness (QED) is 0.385. The van der Waals surface area contributed by atoms with E-state index in [0.717, 1.165) is 0 Å². The molecule has 1 unspecified atom stereocenters. The minimum atomic E-state index is -5.02. The number of nitrogens with one attached hydrogen (secondary N) is 1. The maximum absolute atomic E-state index is 13.1. The number of nitrogens with zero attached hydrogens (tertiary/aromatic N) is 3. The number of rotatable bonds is 3. The maximum Gasteiger partial charge on any atom is 0.416 e. The lowest BCUT2D eigenvalue weighted by atomic mass is 9.98. The molecule has 13 heteroatoms. The van der Waals surface area contributed by atoms with E-state index in [1.54, 1.807) is 24.3 Å². The van der Waals surface area contributed by atoms with Gasteiger partial charge in [-0.25, -0.2) is 4.79 Å². The molecule has 1 N–H and O–H groups in total. The second-order valence-corrected chi connectivity index (χ2v) is 8.41. The zero-order valence-electron chi connectivity index (χ0n) is 17.8. The molecule has 2 heterocycles. The molecule has 0 spiro atoms. The number of carbonyl (C=O) groups excluding carboxylic acids is 1. The number of urea groups is 1. The van der Waals surface area contributed by atoms with E-state index in [4.69, 9.17) is 16.1 Å². The van der Waals surface area contributed by atoms with Crippen LogP contribution in [0.2, 0.25) is 5.02 Å². The van der Waals surface area contributed by atoms with E-state index in [1.807, 2.05) is 0 Å². The molecule has 3 aromatic rings. The van der Waals surface area contributed by atoms with E-state index in [-0.39, 0.29) is 31.0 Å². The molecule has 0 aliphatic carbocycles. The summed E-state index contributed by atoms with van der Waals surface area (Å²) >= 11 is 5.87. The summed E-state index contributed by atoms with van der Waals surface area (Å²) in [6.07, 6.45) is -8.91. The first-order valence-corrected chi connectivity index (χ1v) is 10.7. The van der Waals surface area contributed by atoms with Crippen molar-refractivity contribution < 1.29 is 35.7 Å². The van der Waals surface area contributed by atoms with Crippen molar-refractivity contribution in [3.63, 3.8) is 0 Å². The molecule has 4 rings (SSSR count). The van der Waals surface area contributed by atoms with Crippen LogP contribution >= 0.6 is 11.6 Å². The Kier molecular flexibility index (Phi) is 6.67. The van der Waals surface area contributed by atoms with Crippen LogP contribution in [0.15, 0.2) is 47.0 Å². The van der Waals surface area contributed by atoms with Crippen LogP contribution in [0.5, 0.6) is 0 Å². The Hall–Kier alpha value is -3.28. The van der Waals surface area contributed by atoms with Gasteiger partial charge in [0.25, 0.3) is 0 Å². The number of halogens is 7. The summed E-state index contributed by atoms with van der Waals surface area (Å²) in [6.45, 7) is 0.352. The monoisotopic (exact) mass is 518 g/mol. The summed E-state index contributed by atoms with van der Waals surface area (Å²) in [6, 6.07) is 6.84. The van der Waals surface area contributed by atoms with E-state index in [9.17, 15) is 31.1 Å². The molecule has 2 amide bonds. The van der Waals surface area contributed by atoms with Gasteiger partial charge in [-0.05, 0) is 55.3 Å². The van der Waals surface area contributed by atoms with E-state index < -0.39 is 35.2 Å². The summed E-state index contributed by atoms with van der Waals surface area (Å²) in [7, 11) is 0. The number of piperidine rings is 1. The molecule has 1 fully saturated rings. The van der Waals surface area contributed by atoms with Crippen molar-refractivity contribution in [1.29, 1.82) is 0 Å². The molecule has 1 saturated heterocycles. The topological polar surface area (TPSA) is 71.3 Å². The Balaban J connectivity index is 1.49. The van der Waals surface area contributed by atoms with Crippen LogP contribution in [0.25, 0.3) is 11.4 Å². The van der Waals surface area contributed by atoms with Crippen LogP contribution in [0.3, 0.4) is 0 Å². The summed E-state index contributed by atoms with van der Waals surface area (Å²) in [5.74, 6) is 0.239. The molecule has 1 aliphatic rings. The lowest BCUT2D eigenvalue weighted by Gasteiger charge is -2.31. The predicted molar refractivity (Wildman–Crippen MR) is 114 cm³/mol. The van der Waals surface area contributed by atoms with Crippen LogP contribution in [0.4, 0.5) is 36.8 Å². The highest BCUT2D eigenvalue weighted by atomic mass is 35.5. The summed E-state index contributed by atoms with van der Waals surface area (Å²) in [4.78, 5) is 18.3. The van der Waals surface area contributed by atoms with Gasteiger partial charge in [0.05, 0.1) is 17.0 Å². The lowest BCUT2D eigenvalue weighted by Crippen LogP contribution is -2.41. The van der Waals surface area contributed by atoms with E-state index in [0.29, 0.717) is 41.4 Å². The fraction of sp³-hybridized carbons (Fsp3) is 0.318. The number of amides is 2.